The molecule has 0 bridgehead atoms. The van der Waals surface area contributed by atoms with Gasteiger partial charge in [0.15, 0.2) is 0 Å². The summed E-state index contributed by atoms with van der Waals surface area (Å²) in [7, 11) is 0. The number of rotatable bonds is 1. The molecule has 0 saturated heterocycles. The second-order valence-electron chi connectivity index (χ2n) is 6.68. The van der Waals surface area contributed by atoms with Gasteiger partial charge in [-0.3, -0.25) is 4.79 Å². The average Bonchev–Trinajstić information content (AvgIpc) is 3.02. The molecule has 25 heavy (non-hydrogen) atoms. The first-order chi connectivity index (χ1) is 11.8. The first kappa shape index (κ1) is 15.4. The van der Waals surface area contributed by atoms with Gasteiger partial charge in [0.2, 0.25) is 0 Å². The molecule has 4 nitrogen and oxygen atoms in total. The molecule has 2 aromatic rings. The van der Waals surface area contributed by atoms with E-state index in [1.165, 1.54) is 12.1 Å². The Balaban J connectivity index is 1.88. The fourth-order valence-electron chi connectivity index (χ4n) is 3.31. The van der Waals surface area contributed by atoms with Crippen molar-refractivity contribution >= 4 is 28.4 Å². The molecule has 2 aliphatic heterocycles. The van der Waals surface area contributed by atoms with E-state index in [0.717, 1.165) is 11.1 Å². The number of nitrogens with two attached hydrogens (primary N) is 1. The molecule has 0 radical (unpaired) electrons. The second-order valence-corrected chi connectivity index (χ2v) is 6.68. The van der Waals surface area contributed by atoms with Crippen LogP contribution in [0.4, 0.5) is 15.8 Å². The van der Waals surface area contributed by atoms with E-state index in [4.69, 9.17) is 10.5 Å². The molecule has 4 rings (SSSR count). The standard InChI is InChI=1S/C20H17FN2O2/c1-20(2)15(11-4-3-5-13(22)8-11)10-17(25-20)18-14-7-6-12(21)9-16(14)23-19(18)24/h3-10H,22H2,1-2H3,(H,23,24)/b18-17-. The summed E-state index contributed by atoms with van der Waals surface area (Å²) >= 11 is 0. The molecule has 2 heterocycles. The molecule has 0 fully saturated rings. The van der Waals surface area contributed by atoms with Crippen molar-refractivity contribution in [2.75, 3.05) is 11.1 Å². The number of nitrogens with one attached hydrogen (secondary N) is 1. The van der Waals surface area contributed by atoms with Gasteiger partial charge in [-0.1, -0.05) is 12.1 Å². The minimum atomic E-state index is -0.612. The van der Waals surface area contributed by atoms with Gasteiger partial charge in [0.05, 0.1) is 11.3 Å². The molecule has 5 heteroatoms. The lowest BCUT2D eigenvalue weighted by Gasteiger charge is -2.23. The Hall–Kier alpha value is -3.08. The highest BCUT2D eigenvalue weighted by Crippen LogP contribution is 2.44. The van der Waals surface area contributed by atoms with Crippen molar-refractivity contribution in [1.29, 1.82) is 0 Å². The minimum Gasteiger partial charge on any atom is -0.482 e. The van der Waals surface area contributed by atoms with Gasteiger partial charge < -0.3 is 15.8 Å². The van der Waals surface area contributed by atoms with Crippen molar-refractivity contribution in [3.05, 3.63) is 71.2 Å². The van der Waals surface area contributed by atoms with Crippen LogP contribution >= 0.6 is 0 Å². The third-order valence-corrected chi connectivity index (χ3v) is 4.46. The van der Waals surface area contributed by atoms with Gasteiger partial charge in [0, 0.05) is 16.8 Å². The Morgan fingerprint density at radius 1 is 1.16 bits per heavy atom. The Morgan fingerprint density at radius 2 is 1.96 bits per heavy atom. The van der Waals surface area contributed by atoms with Crippen molar-refractivity contribution in [3.63, 3.8) is 0 Å². The molecule has 0 spiro atoms. The summed E-state index contributed by atoms with van der Waals surface area (Å²) in [4.78, 5) is 12.4. The molecular formula is C20H17FN2O2. The molecule has 2 aromatic carbocycles. The van der Waals surface area contributed by atoms with E-state index in [2.05, 4.69) is 5.32 Å². The summed E-state index contributed by atoms with van der Waals surface area (Å²) in [5.74, 6) is -0.212. The maximum absolute atomic E-state index is 13.4. The maximum atomic E-state index is 13.4. The molecular weight excluding hydrogens is 319 g/mol. The lowest BCUT2D eigenvalue weighted by Crippen LogP contribution is -2.21. The third kappa shape index (κ3) is 2.48. The van der Waals surface area contributed by atoms with E-state index in [0.29, 0.717) is 28.3 Å². The predicted molar refractivity (Wildman–Crippen MR) is 95.9 cm³/mol. The van der Waals surface area contributed by atoms with Crippen molar-refractivity contribution < 1.29 is 13.9 Å². The van der Waals surface area contributed by atoms with Gasteiger partial charge in [-0.05, 0) is 55.8 Å². The molecule has 0 saturated carbocycles. The van der Waals surface area contributed by atoms with Crippen LogP contribution in [0.15, 0.2) is 54.3 Å². The number of amides is 1. The lowest BCUT2D eigenvalue weighted by molar-refractivity contribution is -0.111. The van der Waals surface area contributed by atoms with E-state index in [-0.39, 0.29) is 5.91 Å². The topological polar surface area (TPSA) is 64.3 Å². The predicted octanol–water partition coefficient (Wildman–Crippen LogP) is 3.96. The van der Waals surface area contributed by atoms with Gasteiger partial charge >= 0.3 is 0 Å². The van der Waals surface area contributed by atoms with Crippen molar-refractivity contribution in [2.24, 2.45) is 0 Å². The first-order valence-electron chi connectivity index (χ1n) is 7.98. The Kier molecular flexibility index (Phi) is 3.22. The molecule has 2 aliphatic rings. The van der Waals surface area contributed by atoms with Crippen LogP contribution in [0.1, 0.15) is 25.0 Å². The summed E-state index contributed by atoms with van der Waals surface area (Å²) in [6.07, 6.45) is 1.86. The molecule has 0 unspecified atom stereocenters. The highest BCUT2D eigenvalue weighted by molar-refractivity contribution is 6.32. The molecule has 3 N–H and O–H groups in total. The smallest absolute Gasteiger partial charge is 0.260 e. The monoisotopic (exact) mass is 336 g/mol. The van der Waals surface area contributed by atoms with Crippen molar-refractivity contribution in [1.82, 2.24) is 0 Å². The summed E-state index contributed by atoms with van der Waals surface area (Å²) in [6, 6.07) is 11.8. The number of hydrogen-bond donors (Lipinski definition) is 2. The van der Waals surface area contributed by atoms with Crippen LogP contribution in [-0.4, -0.2) is 11.5 Å². The summed E-state index contributed by atoms with van der Waals surface area (Å²) in [5, 5.41) is 2.69. The molecule has 0 atom stereocenters. The number of ether oxygens (including phenoxy) is 1. The SMILES string of the molecule is CC1(C)O/C(=C2\C(=O)Nc3cc(F)ccc32)C=C1c1cccc(N)c1. The van der Waals surface area contributed by atoms with Crippen LogP contribution < -0.4 is 11.1 Å². The quantitative estimate of drug-likeness (QED) is 0.612. The van der Waals surface area contributed by atoms with Crippen LogP contribution in [-0.2, 0) is 9.53 Å². The van der Waals surface area contributed by atoms with E-state index >= 15 is 0 Å². The Labute approximate surface area is 144 Å². The number of nitrogen functional groups attached to an aromatic ring is 1. The summed E-state index contributed by atoms with van der Waals surface area (Å²) in [6.45, 7) is 3.88. The third-order valence-electron chi connectivity index (χ3n) is 4.46. The van der Waals surface area contributed by atoms with E-state index < -0.39 is 11.4 Å². The zero-order chi connectivity index (χ0) is 17.8. The molecule has 1 amide bonds. The number of halogens is 1. The number of hydrogen-bond acceptors (Lipinski definition) is 3. The van der Waals surface area contributed by atoms with Gasteiger partial charge in [-0.15, -0.1) is 0 Å². The number of benzene rings is 2. The fraction of sp³-hybridized carbons (Fsp3) is 0.150. The molecule has 126 valence electrons. The second kappa shape index (κ2) is 5.21. The van der Waals surface area contributed by atoms with E-state index in [1.807, 2.05) is 44.2 Å². The lowest BCUT2D eigenvalue weighted by atomic mass is 9.92. The number of fused-ring (bicyclic) bond motifs is 1. The number of anilines is 2. The number of carbonyl (C=O) groups excluding carboxylic acids is 1. The Morgan fingerprint density at radius 3 is 2.72 bits per heavy atom. The van der Waals surface area contributed by atoms with Crippen molar-refractivity contribution in [3.8, 4) is 0 Å². The zero-order valence-corrected chi connectivity index (χ0v) is 13.9. The summed E-state index contributed by atoms with van der Waals surface area (Å²) in [5.41, 5.74) is 9.34. The maximum Gasteiger partial charge on any atom is 0.260 e. The Bertz CT molecular complexity index is 973. The normalized spacial score (nSPS) is 20.8. The highest BCUT2D eigenvalue weighted by atomic mass is 19.1. The zero-order valence-electron chi connectivity index (χ0n) is 13.9. The van der Waals surface area contributed by atoms with Crippen LogP contribution in [0, 0.1) is 5.82 Å². The van der Waals surface area contributed by atoms with Crippen LogP contribution in [0.5, 0.6) is 0 Å². The largest absolute Gasteiger partial charge is 0.482 e. The summed E-state index contributed by atoms with van der Waals surface area (Å²) < 4.78 is 19.5. The van der Waals surface area contributed by atoms with Gasteiger partial charge in [0.25, 0.3) is 5.91 Å². The van der Waals surface area contributed by atoms with E-state index in [9.17, 15) is 9.18 Å². The molecule has 0 aliphatic carbocycles. The highest BCUT2D eigenvalue weighted by Gasteiger charge is 2.38. The first-order valence-corrected chi connectivity index (χ1v) is 7.98. The van der Waals surface area contributed by atoms with Crippen LogP contribution in [0.25, 0.3) is 11.1 Å². The van der Waals surface area contributed by atoms with Crippen LogP contribution in [0.2, 0.25) is 0 Å². The van der Waals surface area contributed by atoms with E-state index in [1.54, 1.807) is 6.07 Å². The fourth-order valence-corrected chi connectivity index (χ4v) is 3.31. The van der Waals surface area contributed by atoms with Gasteiger partial charge in [-0.2, -0.15) is 0 Å². The van der Waals surface area contributed by atoms with Gasteiger partial charge in [-0.25, -0.2) is 4.39 Å². The number of allylic oxidation sites excluding steroid dienone is 1. The number of carbonyl (C=O) groups is 1. The molecule has 0 aromatic heterocycles. The minimum absolute atomic E-state index is 0.295. The van der Waals surface area contributed by atoms with Crippen LogP contribution in [0.3, 0.4) is 0 Å². The van der Waals surface area contributed by atoms with Gasteiger partial charge in [0.1, 0.15) is 17.2 Å². The average molecular weight is 336 g/mol. The van der Waals surface area contributed by atoms with Crippen molar-refractivity contribution in [2.45, 2.75) is 19.4 Å².